The van der Waals surface area contributed by atoms with Crippen LogP contribution in [-0.2, 0) is 9.53 Å². The first-order valence-corrected chi connectivity index (χ1v) is 5.74. The maximum Gasteiger partial charge on any atom is 0.336 e. The van der Waals surface area contributed by atoms with Crippen LogP contribution in [0.5, 0.6) is 5.75 Å². The summed E-state index contributed by atoms with van der Waals surface area (Å²) in [5.74, 6) is -2.29. The number of esters is 1. The molecule has 0 radical (unpaired) electrons. The van der Waals surface area contributed by atoms with Crippen LogP contribution >= 0.6 is 0 Å². The van der Waals surface area contributed by atoms with Crippen molar-refractivity contribution in [1.29, 1.82) is 5.26 Å². The first kappa shape index (κ1) is 15.2. The molecule has 20 heavy (non-hydrogen) atoms. The van der Waals surface area contributed by atoms with Crippen LogP contribution in [0.2, 0.25) is 0 Å². The van der Waals surface area contributed by atoms with Gasteiger partial charge >= 0.3 is 11.9 Å². The number of aromatic hydroxyl groups is 1. The molecule has 0 unspecified atom stereocenters. The Balaban J connectivity index is 3.27. The lowest BCUT2D eigenvalue weighted by Crippen LogP contribution is -2.09. The Morgan fingerprint density at radius 1 is 1.35 bits per heavy atom. The van der Waals surface area contributed by atoms with Gasteiger partial charge in [0.1, 0.15) is 11.8 Å². The number of allylic oxidation sites excluding steroid dienone is 1. The average Bonchev–Trinajstić information content (AvgIpc) is 2.35. The molecule has 0 spiro atoms. The minimum atomic E-state index is -1.31. The number of ether oxygens (including phenoxy) is 1. The van der Waals surface area contributed by atoms with Gasteiger partial charge in [0.25, 0.3) is 0 Å². The summed E-state index contributed by atoms with van der Waals surface area (Å²) in [7, 11) is 0. The molecule has 0 aliphatic rings. The SMILES string of the molecule is CC(C)OC(=O)C=C(C#N)c1ccc(O)cc1C(=O)O. The van der Waals surface area contributed by atoms with Gasteiger partial charge in [-0.05, 0) is 32.0 Å². The van der Waals surface area contributed by atoms with Crippen LogP contribution in [0.25, 0.3) is 5.57 Å². The first-order valence-electron chi connectivity index (χ1n) is 5.74. The number of nitrogens with zero attached hydrogens (tertiary/aromatic N) is 1. The predicted molar refractivity (Wildman–Crippen MR) is 69.9 cm³/mol. The summed E-state index contributed by atoms with van der Waals surface area (Å²) in [6, 6.07) is 5.26. The zero-order chi connectivity index (χ0) is 15.3. The predicted octanol–water partition coefficient (Wildman–Crippen LogP) is 1.95. The van der Waals surface area contributed by atoms with Crippen molar-refractivity contribution < 1.29 is 24.5 Å². The van der Waals surface area contributed by atoms with Crippen molar-refractivity contribution in [3.63, 3.8) is 0 Å². The zero-order valence-electron chi connectivity index (χ0n) is 11.0. The Kier molecular flexibility index (Phi) is 4.87. The number of benzene rings is 1. The number of rotatable bonds is 4. The van der Waals surface area contributed by atoms with E-state index in [0.29, 0.717) is 0 Å². The van der Waals surface area contributed by atoms with Gasteiger partial charge in [-0.15, -0.1) is 0 Å². The molecule has 0 aromatic heterocycles. The molecule has 0 saturated carbocycles. The van der Waals surface area contributed by atoms with Gasteiger partial charge in [-0.3, -0.25) is 0 Å². The Morgan fingerprint density at radius 3 is 2.50 bits per heavy atom. The van der Waals surface area contributed by atoms with Gasteiger partial charge in [-0.2, -0.15) is 5.26 Å². The molecule has 0 bridgehead atoms. The quantitative estimate of drug-likeness (QED) is 0.494. The Bertz CT molecular complexity index is 610. The molecule has 0 fully saturated rings. The first-order chi connectivity index (χ1) is 9.35. The molecule has 6 nitrogen and oxygen atoms in total. The average molecular weight is 275 g/mol. The van der Waals surface area contributed by atoms with Gasteiger partial charge in [0, 0.05) is 11.6 Å². The summed E-state index contributed by atoms with van der Waals surface area (Å²) in [4.78, 5) is 22.6. The van der Waals surface area contributed by atoms with Gasteiger partial charge in [-0.1, -0.05) is 0 Å². The van der Waals surface area contributed by atoms with Crippen LogP contribution in [0.15, 0.2) is 24.3 Å². The molecule has 0 atom stereocenters. The van der Waals surface area contributed by atoms with Crippen molar-refractivity contribution in [3.8, 4) is 11.8 Å². The van der Waals surface area contributed by atoms with Crippen molar-refractivity contribution in [2.45, 2.75) is 20.0 Å². The smallest absolute Gasteiger partial charge is 0.336 e. The number of nitriles is 1. The fraction of sp³-hybridized carbons (Fsp3) is 0.214. The summed E-state index contributed by atoms with van der Waals surface area (Å²) in [5, 5.41) is 27.4. The number of phenolic OH excluding ortho intramolecular Hbond substituents is 1. The molecule has 0 aliphatic carbocycles. The zero-order valence-corrected chi connectivity index (χ0v) is 11.0. The highest BCUT2D eigenvalue weighted by Gasteiger charge is 2.16. The van der Waals surface area contributed by atoms with Crippen molar-refractivity contribution in [2.75, 3.05) is 0 Å². The van der Waals surface area contributed by atoms with Crippen LogP contribution in [0.4, 0.5) is 0 Å². The number of hydrogen-bond acceptors (Lipinski definition) is 5. The van der Waals surface area contributed by atoms with Crippen LogP contribution in [0.3, 0.4) is 0 Å². The molecular weight excluding hydrogens is 262 g/mol. The van der Waals surface area contributed by atoms with E-state index >= 15 is 0 Å². The lowest BCUT2D eigenvalue weighted by Gasteiger charge is -2.07. The second-order valence-electron chi connectivity index (χ2n) is 4.19. The van der Waals surface area contributed by atoms with E-state index in [1.165, 1.54) is 12.1 Å². The van der Waals surface area contributed by atoms with Crippen molar-refractivity contribution in [3.05, 3.63) is 35.4 Å². The Morgan fingerprint density at radius 2 is 2.00 bits per heavy atom. The molecule has 0 amide bonds. The summed E-state index contributed by atoms with van der Waals surface area (Å²) < 4.78 is 4.86. The number of carboxylic acid groups (broad SMARTS) is 1. The van der Waals surface area contributed by atoms with Gasteiger partial charge in [0.15, 0.2) is 0 Å². The number of carbonyl (C=O) groups excluding carboxylic acids is 1. The second-order valence-corrected chi connectivity index (χ2v) is 4.19. The van der Waals surface area contributed by atoms with Crippen molar-refractivity contribution >= 4 is 17.5 Å². The van der Waals surface area contributed by atoms with E-state index in [1.807, 2.05) is 0 Å². The number of aromatic carboxylic acids is 1. The Hall–Kier alpha value is -2.81. The fourth-order valence-electron chi connectivity index (χ4n) is 1.50. The lowest BCUT2D eigenvalue weighted by molar-refractivity contribution is -0.141. The van der Waals surface area contributed by atoms with Crippen LogP contribution < -0.4 is 0 Å². The molecule has 1 aromatic carbocycles. The van der Waals surface area contributed by atoms with Gasteiger partial charge in [0.05, 0.1) is 17.2 Å². The van der Waals surface area contributed by atoms with Gasteiger partial charge < -0.3 is 14.9 Å². The maximum atomic E-state index is 11.5. The number of carboxylic acids is 1. The standard InChI is InChI=1S/C14H13NO5/c1-8(2)20-13(17)5-9(7-15)11-4-3-10(16)6-12(11)14(18)19/h3-6,8,16H,1-2H3,(H,18,19). The lowest BCUT2D eigenvalue weighted by atomic mass is 10.00. The van der Waals surface area contributed by atoms with E-state index in [4.69, 9.17) is 15.1 Å². The van der Waals surface area contributed by atoms with E-state index < -0.39 is 11.9 Å². The third-order valence-corrected chi connectivity index (χ3v) is 2.26. The molecule has 2 N–H and O–H groups in total. The second kappa shape index (κ2) is 6.38. The summed E-state index contributed by atoms with van der Waals surface area (Å²) in [6.07, 6.45) is 0.580. The van der Waals surface area contributed by atoms with Crippen molar-refractivity contribution in [2.24, 2.45) is 0 Å². The maximum absolute atomic E-state index is 11.5. The number of hydrogen-bond donors (Lipinski definition) is 2. The number of phenols is 1. The van der Waals surface area contributed by atoms with Gasteiger partial charge in [0.2, 0.25) is 0 Å². The molecule has 0 heterocycles. The van der Waals surface area contributed by atoms with Crippen molar-refractivity contribution in [1.82, 2.24) is 0 Å². The molecule has 1 rings (SSSR count). The molecular formula is C14H13NO5. The third kappa shape index (κ3) is 3.85. The topological polar surface area (TPSA) is 108 Å². The highest BCUT2D eigenvalue weighted by atomic mass is 16.5. The van der Waals surface area contributed by atoms with E-state index in [9.17, 15) is 14.7 Å². The van der Waals surface area contributed by atoms with Crippen LogP contribution in [0.1, 0.15) is 29.8 Å². The minimum Gasteiger partial charge on any atom is -0.508 e. The van der Waals surface area contributed by atoms with Crippen LogP contribution in [-0.4, -0.2) is 28.3 Å². The summed E-state index contributed by atoms with van der Waals surface area (Å²) >= 11 is 0. The summed E-state index contributed by atoms with van der Waals surface area (Å²) in [5.41, 5.74) is -0.373. The summed E-state index contributed by atoms with van der Waals surface area (Å²) in [6.45, 7) is 3.31. The molecule has 0 aliphatic heterocycles. The Labute approximate surface area is 115 Å². The largest absolute Gasteiger partial charge is 0.508 e. The molecule has 0 saturated heterocycles. The molecule has 6 heteroatoms. The van der Waals surface area contributed by atoms with E-state index in [1.54, 1.807) is 19.9 Å². The highest BCUT2D eigenvalue weighted by molar-refractivity contribution is 6.01. The highest BCUT2D eigenvalue weighted by Crippen LogP contribution is 2.23. The minimum absolute atomic E-state index is 0.0403. The fourth-order valence-corrected chi connectivity index (χ4v) is 1.50. The number of carbonyl (C=O) groups is 2. The normalized spacial score (nSPS) is 11.0. The third-order valence-electron chi connectivity index (χ3n) is 2.26. The van der Waals surface area contributed by atoms with Crippen LogP contribution in [0, 0.1) is 11.3 Å². The van der Waals surface area contributed by atoms with E-state index in [2.05, 4.69) is 0 Å². The van der Waals surface area contributed by atoms with Gasteiger partial charge in [-0.25, -0.2) is 9.59 Å². The van der Waals surface area contributed by atoms with E-state index in [0.717, 1.165) is 12.1 Å². The molecule has 1 aromatic rings. The monoisotopic (exact) mass is 275 g/mol. The van der Waals surface area contributed by atoms with E-state index in [-0.39, 0.29) is 28.6 Å². The molecule has 104 valence electrons.